The maximum Gasteiger partial charge on any atom is 0.191 e. The van der Waals surface area contributed by atoms with Crippen molar-refractivity contribution in [2.24, 2.45) is 0 Å². The normalized spacial score (nSPS) is 12.3. The maximum atomic E-state index is 6.55. The van der Waals surface area contributed by atoms with Crippen LogP contribution < -0.4 is 28.3 Å². The maximum absolute atomic E-state index is 6.55. The highest BCUT2D eigenvalue weighted by molar-refractivity contribution is 7.95. The Morgan fingerprint density at radius 2 is 1.03 bits per heavy atom. The van der Waals surface area contributed by atoms with Gasteiger partial charge in [-0.2, -0.15) is 0 Å². The third kappa shape index (κ3) is 5.87. The van der Waals surface area contributed by atoms with Crippen molar-refractivity contribution in [1.82, 2.24) is 0 Å². The predicted molar refractivity (Wildman–Crippen MR) is 138 cm³/mol. The number of hydrogen-bond donors (Lipinski definition) is 0. The van der Waals surface area contributed by atoms with Crippen LogP contribution in [0.3, 0.4) is 0 Å². The topological polar surface area (TPSA) is 9.23 Å². The molecular formula is C27H36ClOPSi. The minimum atomic E-state index is -1.74. The van der Waals surface area contributed by atoms with Gasteiger partial charge < -0.3 is 16.8 Å². The zero-order valence-electron chi connectivity index (χ0n) is 19.5. The average Bonchev–Trinajstić information content (AvgIpc) is 2.75. The first-order chi connectivity index (χ1) is 14.3. The highest BCUT2D eigenvalue weighted by atomic mass is 35.5. The standard InChI is InChI=1S/C27H36OPSi.ClH/c1-27(2,3)30(4,5)28-22-15-23-29(24-16-9-6-10-17-24,25-18-11-7-12-19-25)26-20-13-8-14-21-26;/h6-14,16-21H,15,22-23H2,1-5H3;1H/q+1;/p-1. The van der Waals surface area contributed by atoms with Crippen LogP contribution in [0.4, 0.5) is 0 Å². The molecule has 0 aliphatic carbocycles. The summed E-state index contributed by atoms with van der Waals surface area (Å²) in [4.78, 5) is 0. The van der Waals surface area contributed by atoms with Crippen LogP contribution in [0.25, 0.3) is 0 Å². The second-order valence-electron chi connectivity index (χ2n) is 9.50. The summed E-state index contributed by atoms with van der Waals surface area (Å²) in [5, 5.41) is 4.61. The highest BCUT2D eigenvalue weighted by Gasteiger charge is 2.45. The van der Waals surface area contributed by atoms with E-state index in [4.69, 9.17) is 4.43 Å². The SMILES string of the molecule is CC(C)(C)[Si](C)(C)OCCC[P+](c1ccccc1)(c1ccccc1)c1ccccc1.[Cl-]. The molecule has 0 spiro atoms. The van der Waals surface area contributed by atoms with Crippen LogP contribution >= 0.6 is 7.26 Å². The molecule has 3 aromatic rings. The van der Waals surface area contributed by atoms with E-state index in [1.807, 2.05) is 0 Å². The van der Waals surface area contributed by atoms with Crippen molar-refractivity contribution in [3.8, 4) is 0 Å². The van der Waals surface area contributed by atoms with Gasteiger partial charge in [0, 0.05) is 13.0 Å². The van der Waals surface area contributed by atoms with Crippen LogP contribution in [-0.4, -0.2) is 21.1 Å². The molecule has 166 valence electrons. The van der Waals surface area contributed by atoms with Crippen molar-refractivity contribution in [3.05, 3.63) is 91.0 Å². The third-order valence-corrected chi connectivity index (χ3v) is 15.6. The molecule has 3 aromatic carbocycles. The number of benzene rings is 3. The van der Waals surface area contributed by atoms with Crippen molar-refractivity contribution in [2.45, 2.75) is 45.3 Å². The Labute approximate surface area is 197 Å². The van der Waals surface area contributed by atoms with E-state index in [1.54, 1.807) is 0 Å². The number of halogens is 1. The van der Waals surface area contributed by atoms with Gasteiger partial charge in [0.05, 0.1) is 6.16 Å². The number of hydrogen-bond acceptors (Lipinski definition) is 1. The lowest BCUT2D eigenvalue weighted by Crippen LogP contribution is -3.00. The molecule has 0 aliphatic rings. The van der Waals surface area contributed by atoms with E-state index >= 15 is 0 Å². The molecule has 0 fully saturated rings. The molecule has 0 atom stereocenters. The van der Waals surface area contributed by atoms with Crippen LogP contribution in [0.2, 0.25) is 18.1 Å². The molecule has 0 saturated heterocycles. The van der Waals surface area contributed by atoms with E-state index in [9.17, 15) is 0 Å². The average molecular weight is 471 g/mol. The van der Waals surface area contributed by atoms with E-state index in [1.165, 1.54) is 15.9 Å². The Kier molecular flexibility index (Phi) is 9.10. The zero-order chi connectivity index (χ0) is 21.7. The summed E-state index contributed by atoms with van der Waals surface area (Å²) >= 11 is 0. The van der Waals surface area contributed by atoms with Gasteiger partial charge >= 0.3 is 0 Å². The van der Waals surface area contributed by atoms with Gasteiger partial charge in [0.25, 0.3) is 0 Å². The van der Waals surface area contributed by atoms with Gasteiger partial charge in [-0.15, -0.1) is 0 Å². The molecule has 0 N–H and O–H groups in total. The first-order valence-electron chi connectivity index (χ1n) is 11.0. The molecule has 0 aliphatic heterocycles. The minimum Gasteiger partial charge on any atom is -1.00 e. The molecule has 0 aromatic heterocycles. The lowest BCUT2D eigenvalue weighted by Gasteiger charge is -2.36. The second kappa shape index (κ2) is 10.9. The molecule has 1 nitrogen and oxygen atoms in total. The van der Waals surface area contributed by atoms with Crippen LogP contribution in [0.1, 0.15) is 27.2 Å². The van der Waals surface area contributed by atoms with Crippen molar-refractivity contribution in [2.75, 3.05) is 12.8 Å². The molecule has 31 heavy (non-hydrogen) atoms. The first-order valence-corrected chi connectivity index (χ1v) is 15.8. The van der Waals surface area contributed by atoms with E-state index in [0.29, 0.717) is 0 Å². The minimum absolute atomic E-state index is 0. The molecular weight excluding hydrogens is 435 g/mol. The smallest absolute Gasteiger partial charge is 0.191 e. The summed E-state index contributed by atoms with van der Waals surface area (Å²) < 4.78 is 6.55. The van der Waals surface area contributed by atoms with Gasteiger partial charge in [-0.05, 0) is 54.5 Å². The van der Waals surface area contributed by atoms with Gasteiger partial charge in [-0.3, -0.25) is 0 Å². The van der Waals surface area contributed by atoms with Gasteiger partial charge in [0.15, 0.2) is 8.32 Å². The van der Waals surface area contributed by atoms with E-state index < -0.39 is 15.6 Å². The summed E-state index contributed by atoms with van der Waals surface area (Å²) in [5.41, 5.74) is 0. The molecule has 0 radical (unpaired) electrons. The Hall–Kier alpha value is -1.44. The fourth-order valence-corrected chi connectivity index (χ4v) is 9.13. The highest BCUT2D eigenvalue weighted by Crippen LogP contribution is 2.55. The van der Waals surface area contributed by atoms with Crippen LogP contribution in [0.15, 0.2) is 91.0 Å². The summed E-state index contributed by atoms with van der Waals surface area (Å²) in [6, 6.07) is 33.4. The Morgan fingerprint density at radius 3 is 1.35 bits per heavy atom. The zero-order valence-corrected chi connectivity index (χ0v) is 22.2. The second-order valence-corrected chi connectivity index (χ2v) is 17.9. The fourth-order valence-electron chi connectivity index (χ4n) is 3.73. The largest absolute Gasteiger partial charge is 1.00 e. The van der Waals surface area contributed by atoms with Crippen LogP contribution in [-0.2, 0) is 4.43 Å². The summed E-state index contributed by atoms with van der Waals surface area (Å²) in [7, 11) is -3.47. The van der Waals surface area contributed by atoms with Gasteiger partial charge in [-0.25, -0.2) is 0 Å². The van der Waals surface area contributed by atoms with Crippen LogP contribution in [0.5, 0.6) is 0 Å². The van der Waals surface area contributed by atoms with Crippen molar-refractivity contribution < 1.29 is 16.8 Å². The van der Waals surface area contributed by atoms with Gasteiger partial charge in [0.1, 0.15) is 23.2 Å². The monoisotopic (exact) mass is 470 g/mol. The lowest BCUT2D eigenvalue weighted by atomic mass is 10.2. The quantitative estimate of drug-likeness (QED) is 0.278. The van der Waals surface area contributed by atoms with Gasteiger partial charge in [0.2, 0.25) is 0 Å². The van der Waals surface area contributed by atoms with E-state index in [2.05, 4.69) is 125 Å². The molecule has 3 rings (SSSR count). The van der Waals surface area contributed by atoms with E-state index in [0.717, 1.165) is 19.2 Å². The number of rotatable bonds is 8. The molecule has 0 saturated carbocycles. The van der Waals surface area contributed by atoms with Crippen molar-refractivity contribution in [3.63, 3.8) is 0 Å². The molecule has 0 heterocycles. The fraction of sp³-hybridized carbons (Fsp3) is 0.333. The lowest BCUT2D eigenvalue weighted by molar-refractivity contribution is -0.00000716. The molecule has 0 unspecified atom stereocenters. The molecule has 0 amide bonds. The van der Waals surface area contributed by atoms with Crippen molar-refractivity contribution >= 4 is 31.5 Å². The Balaban J connectivity index is 0.00000341. The first kappa shape index (κ1) is 25.8. The Bertz CT molecular complexity index is 812. The molecule has 0 bridgehead atoms. The summed E-state index contributed by atoms with van der Waals surface area (Å²) in [6.45, 7) is 12.5. The van der Waals surface area contributed by atoms with Gasteiger partial charge in [-0.1, -0.05) is 75.4 Å². The van der Waals surface area contributed by atoms with E-state index in [-0.39, 0.29) is 17.4 Å². The summed E-state index contributed by atoms with van der Waals surface area (Å²) in [6.07, 6.45) is 2.19. The van der Waals surface area contributed by atoms with Crippen LogP contribution in [0, 0.1) is 0 Å². The molecule has 4 heteroatoms. The Morgan fingerprint density at radius 1 is 0.677 bits per heavy atom. The predicted octanol–water partition coefficient (Wildman–Crippen LogP) is 3.40. The summed E-state index contributed by atoms with van der Waals surface area (Å²) in [5.74, 6) is 0. The third-order valence-electron chi connectivity index (χ3n) is 6.50. The van der Waals surface area contributed by atoms with Crippen molar-refractivity contribution in [1.29, 1.82) is 0 Å².